The third kappa shape index (κ3) is 1.27. The highest BCUT2D eigenvalue weighted by Gasteiger charge is 2.02. The number of anilines is 1. The van der Waals surface area contributed by atoms with E-state index in [1.165, 1.54) is 5.39 Å². The van der Waals surface area contributed by atoms with Gasteiger partial charge in [0.15, 0.2) is 0 Å². The quantitative estimate of drug-likeness (QED) is 0.560. The molecule has 2 aromatic heterocycles. The normalized spacial score (nSPS) is 10.9. The molecule has 0 saturated carbocycles. The van der Waals surface area contributed by atoms with Crippen LogP contribution in [0.1, 0.15) is 0 Å². The van der Waals surface area contributed by atoms with Crippen molar-refractivity contribution in [2.45, 2.75) is 0 Å². The Morgan fingerprint density at radius 2 is 2.07 bits per heavy atom. The van der Waals surface area contributed by atoms with Crippen LogP contribution in [0.5, 0.6) is 0 Å². The molecule has 3 rings (SSSR count). The SMILES string of the molecule is Nc1cc(-c2ccc3cc[nH]c3c2)[nH]n1. The second kappa shape index (κ2) is 2.88. The lowest BCUT2D eigenvalue weighted by Gasteiger charge is -1.97. The molecule has 4 nitrogen and oxygen atoms in total. The summed E-state index contributed by atoms with van der Waals surface area (Å²) >= 11 is 0. The molecule has 4 heteroatoms. The zero-order valence-electron chi connectivity index (χ0n) is 7.99. The lowest BCUT2D eigenvalue weighted by molar-refractivity contribution is 1.10. The maximum absolute atomic E-state index is 5.56. The number of nitrogens with one attached hydrogen (secondary N) is 2. The highest BCUT2D eigenvalue weighted by atomic mass is 15.2. The molecular formula is C11H10N4. The van der Waals surface area contributed by atoms with Crippen LogP contribution in [0.15, 0.2) is 36.5 Å². The van der Waals surface area contributed by atoms with Gasteiger partial charge in [-0.05, 0) is 17.5 Å². The molecule has 2 heterocycles. The summed E-state index contributed by atoms with van der Waals surface area (Å²) in [5, 5.41) is 7.99. The Kier molecular flexibility index (Phi) is 1.56. The summed E-state index contributed by atoms with van der Waals surface area (Å²) in [7, 11) is 0. The molecule has 0 amide bonds. The van der Waals surface area contributed by atoms with E-state index in [1.807, 2.05) is 24.4 Å². The second-order valence-electron chi connectivity index (χ2n) is 3.49. The number of aromatic amines is 2. The first kappa shape index (κ1) is 8.11. The van der Waals surface area contributed by atoms with E-state index in [0.717, 1.165) is 16.8 Å². The third-order valence-electron chi connectivity index (χ3n) is 2.46. The molecule has 1 aromatic carbocycles. The highest BCUT2D eigenvalue weighted by molar-refractivity contribution is 5.84. The van der Waals surface area contributed by atoms with E-state index in [2.05, 4.69) is 27.3 Å². The zero-order valence-corrected chi connectivity index (χ0v) is 7.99. The Labute approximate surface area is 86.1 Å². The van der Waals surface area contributed by atoms with Gasteiger partial charge in [-0.3, -0.25) is 5.10 Å². The number of benzene rings is 1. The van der Waals surface area contributed by atoms with E-state index in [0.29, 0.717) is 5.82 Å². The van der Waals surface area contributed by atoms with Gasteiger partial charge in [-0.1, -0.05) is 12.1 Å². The van der Waals surface area contributed by atoms with Gasteiger partial charge in [-0.2, -0.15) is 5.10 Å². The third-order valence-corrected chi connectivity index (χ3v) is 2.46. The molecule has 0 fully saturated rings. The standard InChI is InChI=1S/C11H10N4/c12-11-6-10(14-15-11)8-2-1-7-3-4-13-9(7)5-8/h1-6,13H,(H3,12,14,15). The first-order chi connectivity index (χ1) is 7.33. The van der Waals surface area contributed by atoms with Crippen LogP contribution < -0.4 is 5.73 Å². The lowest BCUT2D eigenvalue weighted by Crippen LogP contribution is -1.81. The fourth-order valence-electron chi connectivity index (χ4n) is 1.70. The number of hydrogen-bond donors (Lipinski definition) is 3. The van der Waals surface area contributed by atoms with Gasteiger partial charge in [-0.25, -0.2) is 0 Å². The van der Waals surface area contributed by atoms with Crippen molar-refractivity contribution in [1.82, 2.24) is 15.2 Å². The number of nitrogen functional groups attached to an aromatic ring is 1. The molecule has 3 aromatic rings. The van der Waals surface area contributed by atoms with Crippen molar-refractivity contribution in [2.75, 3.05) is 5.73 Å². The number of fused-ring (bicyclic) bond motifs is 1. The fraction of sp³-hybridized carbons (Fsp3) is 0. The summed E-state index contributed by atoms with van der Waals surface area (Å²) in [6.07, 6.45) is 1.93. The largest absolute Gasteiger partial charge is 0.382 e. The Morgan fingerprint density at radius 3 is 2.87 bits per heavy atom. The van der Waals surface area contributed by atoms with Crippen molar-refractivity contribution >= 4 is 16.7 Å². The Bertz CT molecular complexity index is 606. The molecule has 0 aliphatic rings. The summed E-state index contributed by atoms with van der Waals surface area (Å²) in [4.78, 5) is 3.17. The second-order valence-corrected chi connectivity index (χ2v) is 3.49. The number of H-pyrrole nitrogens is 2. The minimum Gasteiger partial charge on any atom is -0.382 e. The summed E-state index contributed by atoms with van der Waals surface area (Å²) in [5.41, 5.74) is 8.68. The van der Waals surface area contributed by atoms with Crippen molar-refractivity contribution in [3.63, 3.8) is 0 Å². The Hall–Kier alpha value is -2.23. The number of hydrogen-bond acceptors (Lipinski definition) is 2. The molecule has 15 heavy (non-hydrogen) atoms. The molecule has 0 saturated heterocycles. The molecule has 0 aliphatic heterocycles. The molecule has 0 bridgehead atoms. The maximum Gasteiger partial charge on any atom is 0.145 e. The predicted molar refractivity (Wildman–Crippen MR) is 60.3 cm³/mol. The van der Waals surface area contributed by atoms with E-state index >= 15 is 0 Å². The van der Waals surface area contributed by atoms with E-state index < -0.39 is 0 Å². The molecule has 0 radical (unpaired) electrons. The van der Waals surface area contributed by atoms with Gasteiger partial charge in [0.1, 0.15) is 5.82 Å². The Balaban J connectivity index is 2.18. The van der Waals surface area contributed by atoms with Crippen LogP contribution in [-0.4, -0.2) is 15.2 Å². The van der Waals surface area contributed by atoms with Gasteiger partial charge in [-0.15, -0.1) is 0 Å². The minimum atomic E-state index is 0.511. The molecule has 0 aliphatic carbocycles. The van der Waals surface area contributed by atoms with Crippen LogP contribution in [-0.2, 0) is 0 Å². The highest BCUT2D eigenvalue weighted by Crippen LogP contribution is 2.22. The maximum atomic E-state index is 5.56. The van der Waals surface area contributed by atoms with E-state index in [9.17, 15) is 0 Å². The van der Waals surface area contributed by atoms with Gasteiger partial charge in [0.05, 0.1) is 5.69 Å². The fourth-order valence-corrected chi connectivity index (χ4v) is 1.70. The number of aromatic nitrogens is 3. The molecule has 0 atom stereocenters. The van der Waals surface area contributed by atoms with Gasteiger partial charge in [0.25, 0.3) is 0 Å². The van der Waals surface area contributed by atoms with Crippen LogP contribution in [0.3, 0.4) is 0 Å². The van der Waals surface area contributed by atoms with E-state index in [1.54, 1.807) is 0 Å². The van der Waals surface area contributed by atoms with Gasteiger partial charge in [0, 0.05) is 23.3 Å². The topological polar surface area (TPSA) is 70.5 Å². The number of nitrogens with zero attached hydrogens (tertiary/aromatic N) is 1. The summed E-state index contributed by atoms with van der Waals surface area (Å²) in [6.45, 7) is 0. The van der Waals surface area contributed by atoms with Crippen LogP contribution in [0.25, 0.3) is 22.2 Å². The molecule has 74 valence electrons. The van der Waals surface area contributed by atoms with E-state index in [-0.39, 0.29) is 0 Å². The van der Waals surface area contributed by atoms with Crippen molar-refractivity contribution < 1.29 is 0 Å². The lowest BCUT2D eigenvalue weighted by atomic mass is 10.1. The number of rotatable bonds is 1. The summed E-state index contributed by atoms with van der Waals surface area (Å²) < 4.78 is 0. The van der Waals surface area contributed by atoms with Crippen LogP contribution in [0.2, 0.25) is 0 Å². The predicted octanol–water partition coefficient (Wildman–Crippen LogP) is 2.14. The average molecular weight is 198 g/mol. The zero-order chi connectivity index (χ0) is 10.3. The van der Waals surface area contributed by atoms with Crippen LogP contribution in [0, 0.1) is 0 Å². The summed E-state index contributed by atoms with van der Waals surface area (Å²) in [5.74, 6) is 0.511. The monoisotopic (exact) mass is 198 g/mol. The van der Waals surface area contributed by atoms with Gasteiger partial charge < -0.3 is 10.7 Å². The minimum absolute atomic E-state index is 0.511. The molecule has 4 N–H and O–H groups in total. The van der Waals surface area contributed by atoms with E-state index in [4.69, 9.17) is 5.73 Å². The van der Waals surface area contributed by atoms with Gasteiger partial charge >= 0.3 is 0 Å². The number of nitrogens with two attached hydrogens (primary N) is 1. The van der Waals surface area contributed by atoms with Crippen molar-refractivity contribution in [3.8, 4) is 11.3 Å². The first-order valence-electron chi connectivity index (χ1n) is 4.71. The average Bonchev–Trinajstić information content (AvgIpc) is 2.84. The first-order valence-corrected chi connectivity index (χ1v) is 4.71. The van der Waals surface area contributed by atoms with Crippen LogP contribution in [0.4, 0.5) is 5.82 Å². The molecule has 0 unspecified atom stereocenters. The van der Waals surface area contributed by atoms with Crippen molar-refractivity contribution in [1.29, 1.82) is 0 Å². The Morgan fingerprint density at radius 1 is 1.13 bits per heavy atom. The van der Waals surface area contributed by atoms with Gasteiger partial charge in [0.2, 0.25) is 0 Å². The summed E-state index contributed by atoms with van der Waals surface area (Å²) in [6, 6.07) is 10.0. The molecule has 0 spiro atoms. The van der Waals surface area contributed by atoms with Crippen molar-refractivity contribution in [3.05, 3.63) is 36.5 Å². The smallest absolute Gasteiger partial charge is 0.145 e. The van der Waals surface area contributed by atoms with Crippen molar-refractivity contribution in [2.24, 2.45) is 0 Å². The molecular weight excluding hydrogens is 188 g/mol. The van der Waals surface area contributed by atoms with Crippen LogP contribution >= 0.6 is 0 Å².